The number of thiophene rings is 1. The van der Waals surface area contributed by atoms with Crippen LogP contribution in [0.4, 0.5) is 0 Å². The number of hydrogen-bond donors (Lipinski definition) is 0. The van der Waals surface area contributed by atoms with Gasteiger partial charge in [-0.3, -0.25) is 14.5 Å². The fourth-order valence-corrected chi connectivity index (χ4v) is 6.04. The molecule has 1 fully saturated rings. The third-order valence-electron chi connectivity index (χ3n) is 6.97. The van der Waals surface area contributed by atoms with Crippen molar-refractivity contribution < 1.29 is 9.59 Å². The standard InChI is InChI=1S/C27H37N3O2S/c1-19-8-6-7-9-21(19)25-22-11-17-33-23(22)10-12-30(25)20(2)26(32)29-15-13-28(14-16-29)24(31)18-27(3,4)5/h6-9,11,17,20,25H,10,12-16,18H2,1-5H3/t20-,25+/m0/s1. The minimum absolute atomic E-state index is 0.0160. The predicted molar refractivity (Wildman–Crippen MR) is 134 cm³/mol. The second-order valence-corrected chi connectivity index (χ2v) is 11.7. The van der Waals surface area contributed by atoms with Crippen LogP contribution in [0.5, 0.6) is 0 Å². The minimum Gasteiger partial charge on any atom is -0.339 e. The van der Waals surface area contributed by atoms with E-state index in [1.807, 2.05) is 21.1 Å². The van der Waals surface area contributed by atoms with Crippen LogP contribution in [-0.4, -0.2) is 65.3 Å². The van der Waals surface area contributed by atoms with E-state index in [1.54, 1.807) is 0 Å². The number of fused-ring (bicyclic) bond motifs is 1. The molecule has 0 saturated carbocycles. The number of carbonyl (C=O) groups excluding carboxylic acids is 2. The molecule has 3 heterocycles. The molecule has 33 heavy (non-hydrogen) atoms. The van der Waals surface area contributed by atoms with E-state index in [0.29, 0.717) is 32.6 Å². The summed E-state index contributed by atoms with van der Waals surface area (Å²) in [5.74, 6) is 0.374. The quantitative estimate of drug-likeness (QED) is 0.665. The van der Waals surface area contributed by atoms with Crippen LogP contribution in [0.25, 0.3) is 0 Å². The zero-order valence-corrected chi connectivity index (χ0v) is 21.5. The molecule has 2 amide bonds. The van der Waals surface area contributed by atoms with E-state index >= 15 is 0 Å². The monoisotopic (exact) mass is 467 g/mol. The van der Waals surface area contributed by atoms with Gasteiger partial charge in [0.15, 0.2) is 0 Å². The Morgan fingerprint density at radius 2 is 1.67 bits per heavy atom. The van der Waals surface area contributed by atoms with E-state index in [-0.39, 0.29) is 29.3 Å². The smallest absolute Gasteiger partial charge is 0.239 e. The third kappa shape index (κ3) is 5.17. The lowest BCUT2D eigenvalue weighted by molar-refractivity contribution is -0.144. The Morgan fingerprint density at radius 3 is 2.33 bits per heavy atom. The van der Waals surface area contributed by atoms with Gasteiger partial charge in [0, 0.05) is 44.0 Å². The minimum atomic E-state index is -0.209. The highest BCUT2D eigenvalue weighted by molar-refractivity contribution is 7.10. The second-order valence-electron chi connectivity index (χ2n) is 10.7. The average Bonchev–Trinajstić information content (AvgIpc) is 3.26. The van der Waals surface area contributed by atoms with E-state index < -0.39 is 0 Å². The Balaban J connectivity index is 1.48. The van der Waals surface area contributed by atoms with E-state index in [4.69, 9.17) is 0 Å². The number of aryl methyl sites for hydroxylation is 1. The van der Waals surface area contributed by atoms with Crippen LogP contribution < -0.4 is 0 Å². The predicted octanol–water partition coefficient (Wildman–Crippen LogP) is 4.50. The maximum Gasteiger partial charge on any atom is 0.239 e. The molecular weight excluding hydrogens is 430 g/mol. The van der Waals surface area contributed by atoms with Crippen molar-refractivity contribution in [1.82, 2.24) is 14.7 Å². The molecular formula is C27H37N3O2S. The Hall–Kier alpha value is -2.18. The highest BCUT2D eigenvalue weighted by atomic mass is 32.1. The molecule has 0 spiro atoms. The summed E-state index contributed by atoms with van der Waals surface area (Å²) in [4.78, 5) is 33.9. The molecule has 2 aliphatic heterocycles. The van der Waals surface area contributed by atoms with Crippen molar-refractivity contribution in [3.8, 4) is 0 Å². The topological polar surface area (TPSA) is 43.9 Å². The van der Waals surface area contributed by atoms with Crippen LogP contribution in [0.1, 0.15) is 61.7 Å². The van der Waals surface area contributed by atoms with Crippen LogP contribution in [0, 0.1) is 12.3 Å². The lowest BCUT2D eigenvalue weighted by Gasteiger charge is -2.43. The van der Waals surface area contributed by atoms with Gasteiger partial charge in [0.1, 0.15) is 0 Å². The molecule has 2 aromatic rings. The molecule has 1 aromatic carbocycles. The van der Waals surface area contributed by atoms with Gasteiger partial charge in [-0.25, -0.2) is 0 Å². The molecule has 6 heteroatoms. The molecule has 0 unspecified atom stereocenters. The zero-order chi connectivity index (χ0) is 23.8. The summed E-state index contributed by atoms with van der Waals surface area (Å²) in [6.45, 7) is 13.9. The number of rotatable bonds is 4. The number of amides is 2. The van der Waals surface area contributed by atoms with E-state index in [2.05, 4.69) is 75.2 Å². The number of piperazine rings is 1. The van der Waals surface area contributed by atoms with E-state index in [9.17, 15) is 9.59 Å². The first-order valence-electron chi connectivity index (χ1n) is 12.1. The second kappa shape index (κ2) is 9.59. The first kappa shape index (κ1) is 24.0. The average molecular weight is 468 g/mol. The van der Waals surface area contributed by atoms with E-state index in [1.165, 1.54) is 21.6 Å². The zero-order valence-electron chi connectivity index (χ0n) is 20.6. The molecule has 0 aliphatic carbocycles. The molecule has 2 aliphatic rings. The maximum atomic E-state index is 13.6. The van der Waals surface area contributed by atoms with Gasteiger partial charge >= 0.3 is 0 Å². The normalized spacial score (nSPS) is 20.5. The molecule has 0 radical (unpaired) electrons. The summed E-state index contributed by atoms with van der Waals surface area (Å²) < 4.78 is 0. The Morgan fingerprint density at radius 1 is 1.00 bits per heavy atom. The van der Waals surface area contributed by atoms with Crippen molar-refractivity contribution in [2.24, 2.45) is 5.41 Å². The first-order valence-corrected chi connectivity index (χ1v) is 13.0. The summed E-state index contributed by atoms with van der Waals surface area (Å²) >= 11 is 1.83. The Bertz CT molecular complexity index is 1000. The van der Waals surface area contributed by atoms with Crippen molar-refractivity contribution in [3.05, 3.63) is 57.3 Å². The molecule has 0 N–H and O–H groups in total. The van der Waals surface area contributed by atoms with Crippen molar-refractivity contribution in [3.63, 3.8) is 0 Å². The molecule has 4 rings (SSSR count). The fourth-order valence-electron chi connectivity index (χ4n) is 5.14. The maximum absolute atomic E-state index is 13.6. The lowest BCUT2D eigenvalue weighted by Crippen LogP contribution is -2.56. The van der Waals surface area contributed by atoms with Crippen molar-refractivity contribution >= 4 is 23.2 Å². The Labute approximate surface area is 202 Å². The molecule has 1 aromatic heterocycles. The highest BCUT2D eigenvalue weighted by Gasteiger charge is 2.38. The molecule has 178 valence electrons. The number of carbonyl (C=O) groups is 2. The number of benzene rings is 1. The largest absolute Gasteiger partial charge is 0.339 e. The van der Waals surface area contributed by atoms with Gasteiger partial charge in [-0.2, -0.15) is 0 Å². The summed E-state index contributed by atoms with van der Waals surface area (Å²) in [6.07, 6.45) is 1.54. The first-order chi connectivity index (χ1) is 15.7. The van der Waals surface area contributed by atoms with Gasteiger partial charge in [0.2, 0.25) is 11.8 Å². The summed E-state index contributed by atoms with van der Waals surface area (Å²) in [7, 11) is 0. The van der Waals surface area contributed by atoms with Gasteiger partial charge in [-0.1, -0.05) is 45.0 Å². The van der Waals surface area contributed by atoms with Crippen LogP contribution in [0.15, 0.2) is 35.7 Å². The number of nitrogens with zero attached hydrogens (tertiary/aromatic N) is 3. The summed E-state index contributed by atoms with van der Waals surface area (Å²) in [6, 6.07) is 10.7. The lowest BCUT2D eigenvalue weighted by atomic mass is 9.89. The summed E-state index contributed by atoms with van der Waals surface area (Å²) in [5, 5.41) is 2.18. The highest BCUT2D eigenvalue weighted by Crippen LogP contribution is 2.40. The number of hydrogen-bond acceptors (Lipinski definition) is 4. The van der Waals surface area contributed by atoms with Crippen LogP contribution >= 0.6 is 11.3 Å². The van der Waals surface area contributed by atoms with Gasteiger partial charge < -0.3 is 9.80 Å². The molecule has 2 atom stereocenters. The van der Waals surface area contributed by atoms with Crippen LogP contribution in [0.3, 0.4) is 0 Å². The summed E-state index contributed by atoms with van der Waals surface area (Å²) in [5.41, 5.74) is 3.88. The van der Waals surface area contributed by atoms with Crippen molar-refractivity contribution in [2.75, 3.05) is 32.7 Å². The van der Waals surface area contributed by atoms with Crippen molar-refractivity contribution in [1.29, 1.82) is 0 Å². The van der Waals surface area contributed by atoms with Crippen molar-refractivity contribution in [2.45, 2.75) is 59.5 Å². The van der Waals surface area contributed by atoms with Gasteiger partial charge in [0.05, 0.1) is 12.1 Å². The van der Waals surface area contributed by atoms with E-state index in [0.717, 1.165) is 13.0 Å². The fraction of sp³-hybridized carbons (Fsp3) is 0.556. The van der Waals surface area contributed by atoms with Gasteiger partial charge in [-0.05, 0) is 53.8 Å². The molecule has 5 nitrogen and oxygen atoms in total. The SMILES string of the molecule is Cc1ccccc1[C@@H]1c2ccsc2CCN1[C@@H](C)C(=O)N1CCN(C(=O)CC(C)(C)C)CC1. The van der Waals surface area contributed by atoms with Crippen LogP contribution in [-0.2, 0) is 16.0 Å². The molecule has 1 saturated heterocycles. The van der Waals surface area contributed by atoms with Gasteiger partial charge in [0.25, 0.3) is 0 Å². The molecule has 0 bridgehead atoms. The van der Waals surface area contributed by atoms with Crippen LogP contribution in [0.2, 0.25) is 0 Å². The van der Waals surface area contributed by atoms with Gasteiger partial charge in [-0.15, -0.1) is 11.3 Å². The third-order valence-corrected chi connectivity index (χ3v) is 7.96. The Kier molecular flexibility index (Phi) is 6.96.